The van der Waals surface area contributed by atoms with E-state index in [1.165, 1.54) is 0 Å². The number of amides is 1. The van der Waals surface area contributed by atoms with E-state index in [1.807, 2.05) is 90.7 Å². The molecule has 0 bridgehead atoms. The van der Waals surface area contributed by atoms with Crippen LogP contribution in [-0.4, -0.2) is 25.3 Å². The number of likely N-dealkylation sites (N-methyl/N-ethyl adjacent to an activating group) is 1. The van der Waals surface area contributed by atoms with Crippen molar-refractivity contribution in [2.24, 2.45) is 11.8 Å². The Morgan fingerprint density at radius 3 is 2.44 bits per heavy atom. The number of nitrogens with zero attached hydrogens (tertiary/aromatic N) is 1. The number of hydrogen-bond donors (Lipinski definition) is 0. The topological polar surface area (TPSA) is 46.6 Å². The van der Waals surface area contributed by atoms with Gasteiger partial charge < -0.3 is 9.64 Å². The number of Topliss-reactive ketones (excluding diaryl/α,β-unsaturated/α-hetero) is 1. The summed E-state index contributed by atoms with van der Waals surface area (Å²) in [6.07, 6.45) is 4.06. The van der Waals surface area contributed by atoms with E-state index in [1.54, 1.807) is 19.2 Å². The Kier molecular flexibility index (Phi) is 4.93. The third-order valence-corrected chi connectivity index (χ3v) is 6.77. The summed E-state index contributed by atoms with van der Waals surface area (Å²) >= 11 is 0. The number of carbonyl (C=O) groups excluding carboxylic acids is 2. The smallest absolute Gasteiger partial charge is 0.239 e. The van der Waals surface area contributed by atoms with Crippen LogP contribution in [0.15, 0.2) is 84.9 Å². The zero-order valence-electron chi connectivity index (χ0n) is 18.2. The number of allylic oxidation sites excluding steroid dienone is 1. The Bertz CT molecular complexity index is 1220. The molecular weight excluding hydrogens is 398 g/mol. The molecule has 0 radical (unpaired) electrons. The van der Waals surface area contributed by atoms with Gasteiger partial charge in [-0.1, -0.05) is 72.8 Å². The van der Waals surface area contributed by atoms with Crippen LogP contribution in [0.3, 0.4) is 0 Å². The van der Waals surface area contributed by atoms with Crippen LogP contribution in [0.5, 0.6) is 5.75 Å². The van der Waals surface area contributed by atoms with E-state index in [2.05, 4.69) is 0 Å². The van der Waals surface area contributed by atoms with Gasteiger partial charge in [-0.3, -0.25) is 9.59 Å². The minimum atomic E-state index is -0.865. The van der Waals surface area contributed by atoms with Crippen molar-refractivity contribution in [1.82, 2.24) is 0 Å². The molecule has 3 aromatic rings. The Labute approximate surface area is 188 Å². The maximum atomic E-state index is 13.8. The number of carbonyl (C=O) groups is 2. The summed E-state index contributed by atoms with van der Waals surface area (Å²) in [4.78, 5) is 29.5. The lowest BCUT2D eigenvalue weighted by atomic mass is 9.90. The van der Waals surface area contributed by atoms with Gasteiger partial charge in [-0.15, -0.1) is 0 Å². The summed E-state index contributed by atoms with van der Waals surface area (Å²) in [5.74, 6) is -0.186. The minimum absolute atomic E-state index is 0.0113. The van der Waals surface area contributed by atoms with Crippen molar-refractivity contribution in [2.75, 3.05) is 18.6 Å². The Balaban J connectivity index is 1.63. The molecule has 3 atom stereocenters. The van der Waals surface area contributed by atoms with Gasteiger partial charge >= 0.3 is 0 Å². The molecule has 1 spiro atoms. The molecule has 2 aliphatic rings. The largest absolute Gasteiger partial charge is 0.496 e. The number of hydrogen-bond acceptors (Lipinski definition) is 3. The highest BCUT2D eigenvalue weighted by Crippen LogP contribution is 2.67. The zero-order chi connectivity index (χ0) is 22.3. The normalized spacial score (nSPS) is 23.6. The average Bonchev–Trinajstić information content (AvgIpc) is 3.45. The molecule has 1 amide bonds. The quantitative estimate of drug-likeness (QED) is 0.516. The van der Waals surface area contributed by atoms with Crippen molar-refractivity contribution < 1.29 is 14.3 Å². The lowest BCUT2D eigenvalue weighted by molar-refractivity contribution is -0.120. The van der Waals surface area contributed by atoms with Crippen molar-refractivity contribution in [3.05, 3.63) is 102 Å². The summed E-state index contributed by atoms with van der Waals surface area (Å²) in [5, 5.41) is 0. The van der Waals surface area contributed by atoms with Crippen LogP contribution in [0, 0.1) is 11.8 Å². The molecule has 1 aliphatic heterocycles. The fourth-order valence-corrected chi connectivity index (χ4v) is 5.29. The maximum Gasteiger partial charge on any atom is 0.239 e. The number of anilines is 1. The summed E-state index contributed by atoms with van der Waals surface area (Å²) in [6, 6.07) is 25.1. The Morgan fingerprint density at radius 2 is 1.69 bits per heavy atom. The number of benzene rings is 3. The Morgan fingerprint density at radius 1 is 1.00 bits per heavy atom. The summed E-state index contributed by atoms with van der Waals surface area (Å²) < 4.78 is 5.46. The highest BCUT2D eigenvalue weighted by atomic mass is 16.5. The van der Waals surface area contributed by atoms with Crippen molar-refractivity contribution in [1.29, 1.82) is 0 Å². The second-order valence-electron chi connectivity index (χ2n) is 8.27. The average molecular weight is 424 g/mol. The van der Waals surface area contributed by atoms with Gasteiger partial charge in [-0.05, 0) is 36.2 Å². The van der Waals surface area contributed by atoms with Crippen LogP contribution < -0.4 is 9.64 Å². The van der Waals surface area contributed by atoms with Crippen molar-refractivity contribution >= 4 is 23.5 Å². The molecule has 1 fully saturated rings. The first-order valence-corrected chi connectivity index (χ1v) is 11.0. The van der Waals surface area contributed by atoms with E-state index in [0.29, 0.717) is 17.9 Å². The number of rotatable bonds is 6. The molecular formula is C28H25NO3. The fourth-order valence-electron chi connectivity index (χ4n) is 5.29. The predicted molar refractivity (Wildman–Crippen MR) is 126 cm³/mol. The monoisotopic (exact) mass is 423 g/mol. The molecule has 1 heterocycles. The van der Waals surface area contributed by atoms with Crippen LogP contribution >= 0.6 is 0 Å². The minimum Gasteiger partial charge on any atom is -0.496 e. The SMILES string of the molecule is CCN1C(=O)[C@@]2(c3ccccc31)C(/C=C/c1ccccc1)C2C(=O)c1ccccc1OC. The van der Waals surface area contributed by atoms with Gasteiger partial charge in [0, 0.05) is 24.1 Å². The van der Waals surface area contributed by atoms with Crippen LogP contribution in [0.25, 0.3) is 6.08 Å². The van der Waals surface area contributed by atoms with Crippen molar-refractivity contribution in [2.45, 2.75) is 12.3 Å². The first kappa shape index (κ1) is 20.3. The molecule has 5 rings (SSSR count). The van der Waals surface area contributed by atoms with E-state index in [9.17, 15) is 9.59 Å². The molecule has 4 heteroatoms. The summed E-state index contributed by atoms with van der Waals surface area (Å²) in [7, 11) is 1.57. The molecule has 1 aliphatic carbocycles. The van der Waals surface area contributed by atoms with Crippen LogP contribution in [-0.2, 0) is 10.2 Å². The Hall–Kier alpha value is -3.66. The van der Waals surface area contributed by atoms with Crippen LogP contribution in [0.4, 0.5) is 5.69 Å². The molecule has 0 N–H and O–H groups in total. The second kappa shape index (κ2) is 7.79. The zero-order valence-corrected chi connectivity index (χ0v) is 18.2. The molecule has 32 heavy (non-hydrogen) atoms. The van der Waals surface area contributed by atoms with Gasteiger partial charge in [-0.25, -0.2) is 0 Å². The molecule has 160 valence electrons. The summed E-state index contributed by atoms with van der Waals surface area (Å²) in [6.45, 7) is 2.55. The lowest BCUT2D eigenvalue weighted by Crippen LogP contribution is -2.34. The maximum absolute atomic E-state index is 13.8. The van der Waals surface area contributed by atoms with Gasteiger partial charge in [0.05, 0.1) is 18.1 Å². The molecule has 0 aromatic heterocycles. The number of ketones is 1. The van der Waals surface area contributed by atoms with E-state index >= 15 is 0 Å². The fraction of sp³-hybridized carbons (Fsp3) is 0.214. The van der Waals surface area contributed by atoms with E-state index in [4.69, 9.17) is 4.74 Å². The molecule has 3 aromatic carbocycles. The molecule has 2 unspecified atom stereocenters. The van der Waals surface area contributed by atoms with E-state index in [-0.39, 0.29) is 17.6 Å². The number of para-hydroxylation sites is 2. The van der Waals surface area contributed by atoms with Crippen molar-refractivity contribution in [3.8, 4) is 5.75 Å². The van der Waals surface area contributed by atoms with Gasteiger partial charge in [0.25, 0.3) is 0 Å². The van der Waals surface area contributed by atoms with Gasteiger partial charge in [0.1, 0.15) is 5.75 Å². The molecule has 0 saturated heterocycles. The van der Waals surface area contributed by atoms with Crippen LogP contribution in [0.1, 0.15) is 28.4 Å². The van der Waals surface area contributed by atoms with Gasteiger partial charge in [0.15, 0.2) is 5.78 Å². The first-order valence-electron chi connectivity index (χ1n) is 11.0. The standard InChI is InChI=1S/C28H25NO3/c1-3-29-23-15-9-8-14-21(23)28(27(29)31)22(18-17-19-11-5-4-6-12-19)25(28)26(30)20-13-7-10-16-24(20)32-2/h4-18,22,25H,3H2,1-2H3/b18-17+/t22?,25?,28-/m0/s1. The van der Waals surface area contributed by atoms with Crippen LogP contribution in [0.2, 0.25) is 0 Å². The number of methoxy groups -OCH3 is 1. The lowest BCUT2D eigenvalue weighted by Gasteiger charge is -2.15. The second-order valence-corrected chi connectivity index (χ2v) is 8.27. The van der Waals surface area contributed by atoms with Crippen molar-refractivity contribution in [3.63, 3.8) is 0 Å². The molecule has 1 saturated carbocycles. The molecule has 4 nitrogen and oxygen atoms in total. The van der Waals surface area contributed by atoms with Gasteiger partial charge in [-0.2, -0.15) is 0 Å². The highest BCUT2D eigenvalue weighted by Gasteiger charge is 2.76. The highest BCUT2D eigenvalue weighted by molar-refractivity contribution is 6.18. The van der Waals surface area contributed by atoms with E-state index in [0.717, 1.165) is 16.8 Å². The van der Waals surface area contributed by atoms with Gasteiger partial charge in [0.2, 0.25) is 5.91 Å². The third-order valence-electron chi connectivity index (χ3n) is 6.77. The summed E-state index contributed by atoms with van der Waals surface area (Å²) in [5.41, 5.74) is 2.56. The number of ether oxygens (including phenoxy) is 1. The predicted octanol–water partition coefficient (Wildman–Crippen LogP) is 5.14. The van der Waals surface area contributed by atoms with E-state index < -0.39 is 11.3 Å². The third kappa shape index (κ3) is 2.83. The first-order chi connectivity index (χ1) is 15.6. The number of fused-ring (bicyclic) bond motifs is 2.